The zero-order valence-corrected chi connectivity index (χ0v) is 9.77. The van der Waals surface area contributed by atoms with Crippen molar-refractivity contribution in [3.63, 3.8) is 0 Å². The number of pyridine rings is 1. The van der Waals surface area contributed by atoms with E-state index >= 15 is 0 Å². The van der Waals surface area contributed by atoms with Crippen LogP contribution >= 0.6 is 0 Å². The Hall–Kier alpha value is -2.23. The molecule has 3 nitrogen and oxygen atoms in total. The Morgan fingerprint density at radius 2 is 1.78 bits per heavy atom. The number of hydrogen-bond donors (Lipinski definition) is 1. The second-order valence-electron chi connectivity index (χ2n) is 3.82. The van der Waals surface area contributed by atoms with Crippen molar-refractivity contribution in [3.8, 4) is 0 Å². The highest BCUT2D eigenvalue weighted by Crippen LogP contribution is 2.10. The van der Waals surface area contributed by atoms with E-state index in [1.807, 2.05) is 12.1 Å². The molecule has 0 aliphatic rings. The summed E-state index contributed by atoms with van der Waals surface area (Å²) in [7, 11) is 0. The van der Waals surface area contributed by atoms with Gasteiger partial charge in [-0.3, -0.25) is 9.78 Å². The van der Waals surface area contributed by atoms with Crippen molar-refractivity contribution in [1.82, 2.24) is 10.3 Å². The highest BCUT2D eigenvalue weighted by Gasteiger charge is 2.06. The van der Waals surface area contributed by atoms with E-state index in [0.29, 0.717) is 17.7 Å². The number of rotatable bonds is 4. The third kappa shape index (κ3) is 2.91. The Morgan fingerprint density at radius 3 is 2.44 bits per heavy atom. The molecule has 1 N–H and O–H groups in total. The van der Waals surface area contributed by atoms with Gasteiger partial charge >= 0.3 is 0 Å². The number of nitrogens with zero attached hydrogens (tertiary/aromatic N) is 1. The van der Waals surface area contributed by atoms with Crippen LogP contribution in [-0.4, -0.2) is 10.9 Å². The number of carbonyl (C=O) groups is 1. The second-order valence-corrected chi connectivity index (χ2v) is 3.82. The van der Waals surface area contributed by atoms with Crippen LogP contribution in [0.25, 0.3) is 0 Å². The van der Waals surface area contributed by atoms with Crippen LogP contribution in [-0.2, 0) is 13.2 Å². The van der Waals surface area contributed by atoms with Gasteiger partial charge in [-0.15, -0.1) is 0 Å². The number of hydrogen-bond acceptors (Lipinski definition) is 2. The lowest BCUT2D eigenvalue weighted by Crippen LogP contribution is -2.23. The summed E-state index contributed by atoms with van der Waals surface area (Å²) in [5.74, 6) is -0.189. The van der Waals surface area contributed by atoms with Crippen molar-refractivity contribution in [1.29, 1.82) is 0 Å². The lowest BCUT2D eigenvalue weighted by atomic mass is 10.1. The predicted molar refractivity (Wildman–Crippen MR) is 66.7 cm³/mol. The fraction of sp³-hybridized carbons (Fsp3) is 0.143. The molecule has 0 aliphatic carbocycles. The van der Waals surface area contributed by atoms with Gasteiger partial charge in [-0.05, 0) is 23.3 Å². The van der Waals surface area contributed by atoms with E-state index in [4.69, 9.17) is 0 Å². The Morgan fingerprint density at radius 1 is 1.11 bits per heavy atom. The maximum Gasteiger partial charge on any atom is 0.251 e. The average molecular weight is 244 g/mol. The minimum Gasteiger partial charge on any atom is -0.348 e. The van der Waals surface area contributed by atoms with Crippen molar-refractivity contribution in [3.05, 3.63) is 65.5 Å². The van der Waals surface area contributed by atoms with Crippen LogP contribution in [0.4, 0.5) is 4.39 Å². The van der Waals surface area contributed by atoms with E-state index in [-0.39, 0.29) is 5.91 Å². The summed E-state index contributed by atoms with van der Waals surface area (Å²) < 4.78 is 12.7. The molecule has 1 aromatic carbocycles. The van der Waals surface area contributed by atoms with Gasteiger partial charge in [0.15, 0.2) is 0 Å². The molecule has 4 heteroatoms. The van der Waals surface area contributed by atoms with Gasteiger partial charge in [-0.25, -0.2) is 4.39 Å². The standard InChI is InChI=1S/C14H13FN2O/c15-9-12-3-1-2-4-13(12)10-17-14(18)11-5-7-16-8-6-11/h1-8H,9-10H2,(H,17,18). The highest BCUT2D eigenvalue weighted by atomic mass is 19.1. The van der Waals surface area contributed by atoms with E-state index in [0.717, 1.165) is 5.56 Å². The van der Waals surface area contributed by atoms with Crippen LogP contribution in [0.1, 0.15) is 21.5 Å². The molecular formula is C14H13FN2O. The van der Waals surface area contributed by atoms with Gasteiger partial charge in [0, 0.05) is 24.5 Å². The number of halogens is 1. The number of amides is 1. The normalized spacial score (nSPS) is 10.1. The Balaban J connectivity index is 2.02. The summed E-state index contributed by atoms with van der Waals surface area (Å²) in [6.45, 7) is -0.206. The fourth-order valence-corrected chi connectivity index (χ4v) is 1.64. The summed E-state index contributed by atoms with van der Waals surface area (Å²) in [4.78, 5) is 15.6. The third-order valence-corrected chi connectivity index (χ3v) is 2.64. The van der Waals surface area contributed by atoms with E-state index < -0.39 is 6.67 Å². The summed E-state index contributed by atoms with van der Waals surface area (Å²) in [6.07, 6.45) is 3.12. The number of carbonyl (C=O) groups excluding carboxylic acids is 1. The highest BCUT2D eigenvalue weighted by molar-refractivity contribution is 5.93. The number of benzene rings is 1. The minimum absolute atomic E-state index is 0.189. The summed E-state index contributed by atoms with van der Waals surface area (Å²) in [6, 6.07) is 10.4. The minimum atomic E-state index is -0.526. The molecule has 0 atom stereocenters. The number of aromatic nitrogens is 1. The Labute approximate surface area is 105 Å². The topological polar surface area (TPSA) is 42.0 Å². The molecule has 0 radical (unpaired) electrons. The zero-order valence-electron chi connectivity index (χ0n) is 9.77. The summed E-state index contributed by atoms with van der Waals surface area (Å²) >= 11 is 0. The molecule has 0 saturated carbocycles. The SMILES string of the molecule is O=C(NCc1ccccc1CF)c1ccncc1. The smallest absolute Gasteiger partial charge is 0.251 e. The van der Waals surface area contributed by atoms with Crippen LogP contribution in [0.2, 0.25) is 0 Å². The molecule has 18 heavy (non-hydrogen) atoms. The fourth-order valence-electron chi connectivity index (χ4n) is 1.64. The zero-order chi connectivity index (χ0) is 12.8. The molecule has 1 aromatic heterocycles. The molecule has 0 unspecified atom stereocenters. The first-order valence-electron chi connectivity index (χ1n) is 5.62. The van der Waals surface area contributed by atoms with Gasteiger partial charge in [-0.2, -0.15) is 0 Å². The quantitative estimate of drug-likeness (QED) is 0.897. The molecule has 2 rings (SSSR count). The molecule has 0 aliphatic heterocycles. The molecule has 92 valence electrons. The van der Waals surface area contributed by atoms with Crippen molar-refractivity contribution in [2.24, 2.45) is 0 Å². The summed E-state index contributed by atoms with van der Waals surface area (Å²) in [5.41, 5.74) is 1.94. The Kier molecular flexibility index (Phi) is 4.02. The van der Waals surface area contributed by atoms with E-state index in [1.165, 1.54) is 0 Å². The van der Waals surface area contributed by atoms with Gasteiger partial charge < -0.3 is 5.32 Å². The van der Waals surface area contributed by atoms with Gasteiger partial charge in [0.2, 0.25) is 0 Å². The number of nitrogens with one attached hydrogen (secondary N) is 1. The second kappa shape index (κ2) is 5.91. The van der Waals surface area contributed by atoms with Crippen LogP contribution < -0.4 is 5.32 Å². The largest absolute Gasteiger partial charge is 0.348 e. The van der Waals surface area contributed by atoms with E-state index in [2.05, 4.69) is 10.3 Å². The molecule has 1 amide bonds. The van der Waals surface area contributed by atoms with Crippen LogP contribution in [0.15, 0.2) is 48.8 Å². The van der Waals surface area contributed by atoms with Crippen molar-refractivity contribution < 1.29 is 9.18 Å². The maximum absolute atomic E-state index is 12.7. The molecule has 0 saturated heterocycles. The molecule has 0 bridgehead atoms. The van der Waals surface area contributed by atoms with Crippen LogP contribution in [0, 0.1) is 0 Å². The number of alkyl halides is 1. The van der Waals surface area contributed by atoms with Crippen molar-refractivity contribution in [2.75, 3.05) is 0 Å². The van der Waals surface area contributed by atoms with E-state index in [1.54, 1.807) is 36.7 Å². The van der Waals surface area contributed by atoms with Crippen LogP contribution in [0.5, 0.6) is 0 Å². The molecule has 0 spiro atoms. The van der Waals surface area contributed by atoms with Gasteiger partial charge in [-0.1, -0.05) is 24.3 Å². The van der Waals surface area contributed by atoms with Crippen molar-refractivity contribution in [2.45, 2.75) is 13.2 Å². The Bertz CT molecular complexity index is 528. The molecule has 1 heterocycles. The molecule has 2 aromatic rings. The monoisotopic (exact) mass is 244 g/mol. The third-order valence-electron chi connectivity index (χ3n) is 2.64. The van der Waals surface area contributed by atoms with Crippen LogP contribution in [0.3, 0.4) is 0 Å². The maximum atomic E-state index is 12.7. The molecular weight excluding hydrogens is 231 g/mol. The first-order chi connectivity index (χ1) is 8.81. The van der Waals surface area contributed by atoms with E-state index in [9.17, 15) is 9.18 Å². The molecule has 0 fully saturated rings. The first-order valence-corrected chi connectivity index (χ1v) is 5.62. The van der Waals surface area contributed by atoms with Crippen molar-refractivity contribution >= 4 is 5.91 Å². The first kappa shape index (κ1) is 12.2. The average Bonchev–Trinajstić information content (AvgIpc) is 2.46. The lowest BCUT2D eigenvalue weighted by molar-refractivity contribution is 0.0950. The summed E-state index contributed by atoms with van der Waals surface area (Å²) in [5, 5.41) is 2.76. The van der Waals surface area contributed by atoms with Gasteiger partial charge in [0.25, 0.3) is 5.91 Å². The predicted octanol–water partition coefficient (Wildman–Crippen LogP) is 2.48. The lowest BCUT2D eigenvalue weighted by Gasteiger charge is -2.08. The van der Waals surface area contributed by atoms with Gasteiger partial charge in [0.05, 0.1) is 0 Å². The van der Waals surface area contributed by atoms with Gasteiger partial charge in [0.1, 0.15) is 6.67 Å².